The molecule has 1 amide bonds. The van der Waals surface area contributed by atoms with Gasteiger partial charge in [0.1, 0.15) is 0 Å². The fourth-order valence-electron chi connectivity index (χ4n) is 1.56. The molecule has 0 aliphatic carbocycles. The highest BCUT2D eigenvalue weighted by Gasteiger charge is 2.20. The molecule has 1 aromatic rings. The molecular weight excluding hydrogens is 297 g/mol. The Labute approximate surface area is 133 Å². The minimum Gasteiger partial charge on any atom is -0.353 e. The number of carbonyl (C=O) groups is 1. The van der Waals surface area contributed by atoms with Gasteiger partial charge in [0.2, 0.25) is 5.91 Å². The van der Waals surface area contributed by atoms with Gasteiger partial charge in [-0.1, -0.05) is 30.3 Å². The largest absolute Gasteiger partial charge is 0.353 e. The van der Waals surface area contributed by atoms with E-state index in [9.17, 15) is 4.79 Å². The van der Waals surface area contributed by atoms with Gasteiger partial charge in [0, 0.05) is 19.6 Å². The van der Waals surface area contributed by atoms with E-state index in [1.807, 2.05) is 25.2 Å². The van der Waals surface area contributed by atoms with Crippen molar-refractivity contribution in [2.24, 2.45) is 5.73 Å². The van der Waals surface area contributed by atoms with Crippen LogP contribution in [0.3, 0.4) is 0 Å². The molecule has 0 aliphatic heterocycles. The van der Waals surface area contributed by atoms with E-state index in [1.54, 1.807) is 13.8 Å². The van der Waals surface area contributed by atoms with Crippen LogP contribution < -0.4 is 11.1 Å². The van der Waals surface area contributed by atoms with Crippen LogP contribution in [0.2, 0.25) is 0 Å². The zero-order valence-electron chi connectivity index (χ0n) is 12.3. The van der Waals surface area contributed by atoms with Crippen LogP contribution >= 0.6 is 24.8 Å². The first-order chi connectivity index (χ1) is 8.39. The van der Waals surface area contributed by atoms with Crippen LogP contribution in [0.25, 0.3) is 0 Å². The molecule has 0 fully saturated rings. The fourth-order valence-corrected chi connectivity index (χ4v) is 1.56. The van der Waals surface area contributed by atoms with Crippen LogP contribution in [0.1, 0.15) is 19.4 Å². The molecule has 6 heteroatoms. The zero-order valence-corrected chi connectivity index (χ0v) is 13.9. The number of nitrogens with zero attached hydrogens (tertiary/aromatic N) is 1. The normalized spacial score (nSPS) is 10.4. The third-order valence-corrected chi connectivity index (χ3v) is 2.66. The van der Waals surface area contributed by atoms with Gasteiger partial charge >= 0.3 is 0 Å². The minimum absolute atomic E-state index is 0. The Hall–Kier alpha value is -0.810. The SMILES string of the molecule is CN(CCNC(=O)C(C)(C)N)Cc1ccccc1.Cl.Cl. The topological polar surface area (TPSA) is 58.4 Å². The summed E-state index contributed by atoms with van der Waals surface area (Å²) in [5.74, 6) is -0.115. The van der Waals surface area contributed by atoms with E-state index in [4.69, 9.17) is 5.73 Å². The summed E-state index contributed by atoms with van der Waals surface area (Å²) in [7, 11) is 2.03. The molecule has 0 saturated heterocycles. The predicted molar refractivity (Wildman–Crippen MR) is 88.5 cm³/mol. The maximum atomic E-state index is 11.5. The van der Waals surface area contributed by atoms with Crippen LogP contribution in [0.15, 0.2) is 30.3 Å². The summed E-state index contributed by atoms with van der Waals surface area (Å²) >= 11 is 0. The van der Waals surface area contributed by atoms with Crippen molar-refractivity contribution in [3.63, 3.8) is 0 Å². The first kappa shape index (κ1) is 21.5. The second kappa shape index (κ2) is 10.00. The minimum atomic E-state index is -0.808. The molecule has 1 rings (SSSR count). The standard InChI is InChI=1S/C14H23N3O.2ClH/c1-14(2,15)13(18)16-9-10-17(3)11-12-7-5-4-6-8-12;;/h4-8H,9-11,15H2,1-3H3,(H,16,18);2*1H. The first-order valence-electron chi connectivity index (χ1n) is 6.19. The predicted octanol–water partition coefficient (Wildman–Crippen LogP) is 1.82. The average molecular weight is 322 g/mol. The number of likely N-dealkylation sites (N-methyl/N-ethyl adjacent to an activating group) is 1. The number of halogens is 2. The monoisotopic (exact) mass is 321 g/mol. The molecule has 0 aromatic heterocycles. The third kappa shape index (κ3) is 8.38. The highest BCUT2D eigenvalue weighted by molar-refractivity contribution is 5.85. The fraction of sp³-hybridized carbons (Fsp3) is 0.500. The van der Waals surface area contributed by atoms with Crippen molar-refractivity contribution in [3.05, 3.63) is 35.9 Å². The zero-order chi connectivity index (χ0) is 13.6. The van der Waals surface area contributed by atoms with Gasteiger partial charge in [-0.05, 0) is 26.5 Å². The second-order valence-corrected chi connectivity index (χ2v) is 5.20. The third-order valence-electron chi connectivity index (χ3n) is 2.66. The molecule has 0 saturated carbocycles. The molecule has 0 radical (unpaired) electrons. The van der Waals surface area contributed by atoms with E-state index in [-0.39, 0.29) is 30.7 Å². The van der Waals surface area contributed by atoms with E-state index in [2.05, 4.69) is 22.3 Å². The number of hydrogen-bond donors (Lipinski definition) is 2. The van der Waals surface area contributed by atoms with E-state index < -0.39 is 5.54 Å². The molecule has 0 bridgehead atoms. The molecule has 1 aromatic carbocycles. The Balaban J connectivity index is 0. The molecule has 0 spiro atoms. The van der Waals surface area contributed by atoms with Gasteiger partial charge < -0.3 is 16.0 Å². The van der Waals surface area contributed by atoms with Gasteiger partial charge in [-0.25, -0.2) is 0 Å². The lowest BCUT2D eigenvalue weighted by Crippen LogP contribution is -2.50. The maximum absolute atomic E-state index is 11.5. The quantitative estimate of drug-likeness (QED) is 0.840. The Morgan fingerprint density at radius 2 is 1.80 bits per heavy atom. The molecule has 116 valence electrons. The van der Waals surface area contributed by atoms with Crippen LogP contribution in [-0.4, -0.2) is 36.5 Å². The Morgan fingerprint density at radius 1 is 1.25 bits per heavy atom. The summed E-state index contributed by atoms with van der Waals surface area (Å²) in [6.07, 6.45) is 0. The highest BCUT2D eigenvalue weighted by atomic mass is 35.5. The summed E-state index contributed by atoms with van der Waals surface area (Å²) in [4.78, 5) is 13.7. The Kier molecular flexibility index (Phi) is 10.7. The van der Waals surface area contributed by atoms with Crippen LogP contribution in [0.4, 0.5) is 0 Å². The van der Waals surface area contributed by atoms with Gasteiger partial charge in [-0.3, -0.25) is 4.79 Å². The Morgan fingerprint density at radius 3 is 2.30 bits per heavy atom. The summed E-state index contributed by atoms with van der Waals surface area (Å²) in [5.41, 5.74) is 6.16. The number of carbonyl (C=O) groups excluding carboxylic acids is 1. The number of amides is 1. The van der Waals surface area contributed by atoms with Crippen molar-refractivity contribution in [2.45, 2.75) is 25.9 Å². The number of nitrogens with one attached hydrogen (secondary N) is 1. The van der Waals surface area contributed by atoms with Crippen molar-refractivity contribution in [1.29, 1.82) is 0 Å². The van der Waals surface area contributed by atoms with E-state index in [0.717, 1.165) is 13.1 Å². The van der Waals surface area contributed by atoms with Crippen molar-refractivity contribution in [2.75, 3.05) is 20.1 Å². The average Bonchev–Trinajstić information content (AvgIpc) is 2.28. The first-order valence-corrected chi connectivity index (χ1v) is 6.19. The van der Waals surface area contributed by atoms with E-state index in [0.29, 0.717) is 6.54 Å². The molecule has 0 atom stereocenters. The molecule has 0 aliphatic rings. The molecule has 20 heavy (non-hydrogen) atoms. The molecule has 4 nitrogen and oxygen atoms in total. The number of benzene rings is 1. The lowest BCUT2D eigenvalue weighted by atomic mass is 10.1. The number of nitrogens with two attached hydrogens (primary N) is 1. The molecule has 3 N–H and O–H groups in total. The van der Waals surface area contributed by atoms with Crippen molar-refractivity contribution in [3.8, 4) is 0 Å². The van der Waals surface area contributed by atoms with Gasteiger partial charge in [0.15, 0.2) is 0 Å². The Bertz CT molecular complexity index is 380. The summed E-state index contributed by atoms with van der Waals surface area (Å²) in [6, 6.07) is 10.3. The van der Waals surface area contributed by atoms with Crippen LogP contribution in [0, 0.1) is 0 Å². The molecule has 0 unspecified atom stereocenters. The van der Waals surface area contributed by atoms with Crippen molar-refractivity contribution < 1.29 is 4.79 Å². The maximum Gasteiger partial charge on any atom is 0.239 e. The molecule has 0 heterocycles. The van der Waals surface area contributed by atoms with E-state index in [1.165, 1.54) is 5.56 Å². The number of rotatable bonds is 6. The summed E-state index contributed by atoms with van der Waals surface area (Å²) in [5, 5.41) is 2.83. The van der Waals surface area contributed by atoms with E-state index >= 15 is 0 Å². The summed E-state index contributed by atoms with van der Waals surface area (Å²) in [6.45, 7) is 5.70. The van der Waals surface area contributed by atoms with Crippen LogP contribution in [-0.2, 0) is 11.3 Å². The highest BCUT2D eigenvalue weighted by Crippen LogP contribution is 2.01. The lowest BCUT2D eigenvalue weighted by Gasteiger charge is -2.20. The van der Waals surface area contributed by atoms with Gasteiger partial charge in [-0.15, -0.1) is 24.8 Å². The second-order valence-electron chi connectivity index (χ2n) is 5.20. The lowest BCUT2D eigenvalue weighted by molar-refractivity contribution is -0.125. The van der Waals surface area contributed by atoms with Gasteiger partial charge in [-0.2, -0.15) is 0 Å². The van der Waals surface area contributed by atoms with Gasteiger partial charge in [0.05, 0.1) is 5.54 Å². The summed E-state index contributed by atoms with van der Waals surface area (Å²) < 4.78 is 0. The molecular formula is C14H25Cl2N3O. The van der Waals surface area contributed by atoms with Crippen LogP contribution in [0.5, 0.6) is 0 Å². The number of hydrogen-bond acceptors (Lipinski definition) is 3. The van der Waals surface area contributed by atoms with Gasteiger partial charge in [0.25, 0.3) is 0 Å². The smallest absolute Gasteiger partial charge is 0.239 e. The van der Waals surface area contributed by atoms with Crippen molar-refractivity contribution >= 4 is 30.7 Å². The van der Waals surface area contributed by atoms with Crippen molar-refractivity contribution in [1.82, 2.24) is 10.2 Å².